The fourth-order valence-corrected chi connectivity index (χ4v) is 2.79. The van der Waals surface area contributed by atoms with Crippen molar-refractivity contribution in [2.75, 3.05) is 0 Å². The van der Waals surface area contributed by atoms with Crippen molar-refractivity contribution in [3.8, 4) is 22.5 Å². The molecule has 10 heteroatoms. The molecule has 38 heavy (non-hydrogen) atoms. The fraction of sp³-hybridized carbons (Fsp3) is 0. The molecule has 0 spiro atoms. The molecule has 0 aliphatic carbocycles. The summed E-state index contributed by atoms with van der Waals surface area (Å²) in [5, 5.41) is 10.0. The van der Waals surface area contributed by atoms with E-state index in [2.05, 4.69) is 27.1 Å². The number of nitrogens with zero attached hydrogens (tertiary/aromatic N) is 3. The maximum absolute atomic E-state index is 13.2. The van der Waals surface area contributed by atoms with Crippen molar-refractivity contribution in [3.63, 3.8) is 0 Å². The summed E-state index contributed by atoms with van der Waals surface area (Å²) in [6, 6.07) is 23.7. The summed E-state index contributed by atoms with van der Waals surface area (Å²) in [7, 11) is 0. The average molecular weight is 695 g/mol. The van der Waals surface area contributed by atoms with Crippen molar-refractivity contribution in [2.45, 2.75) is 0 Å². The molecule has 0 aliphatic heterocycles. The van der Waals surface area contributed by atoms with E-state index in [0.29, 0.717) is 11.4 Å². The Morgan fingerprint density at radius 1 is 0.658 bits per heavy atom. The maximum Gasteiger partial charge on any atom is 0.0899 e. The van der Waals surface area contributed by atoms with Gasteiger partial charge >= 0.3 is 0 Å². The van der Waals surface area contributed by atoms with Crippen molar-refractivity contribution in [1.29, 1.82) is 0 Å². The molecular formula is C28H16F4IrN3O2-3. The molecule has 195 valence electrons. The summed E-state index contributed by atoms with van der Waals surface area (Å²) in [5.41, 5.74) is 1.24. The minimum Gasteiger partial charge on any atom is -0.543 e. The van der Waals surface area contributed by atoms with Gasteiger partial charge in [0.15, 0.2) is 0 Å². The molecule has 0 unspecified atom stereocenters. The summed E-state index contributed by atoms with van der Waals surface area (Å²) in [6.07, 6.45) is 4.50. The second kappa shape index (κ2) is 15.1. The van der Waals surface area contributed by atoms with Crippen LogP contribution in [0.15, 0.2) is 97.5 Å². The summed E-state index contributed by atoms with van der Waals surface area (Å²) in [5.74, 6) is -3.81. The minimum atomic E-state index is -1.24. The molecular weight excluding hydrogens is 679 g/mol. The number of hydrogen-bond donors (Lipinski definition) is 0. The van der Waals surface area contributed by atoms with Crippen molar-refractivity contribution in [2.24, 2.45) is 0 Å². The van der Waals surface area contributed by atoms with Crippen LogP contribution in [0.5, 0.6) is 0 Å². The molecule has 0 amide bonds. The van der Waals surface area contributed by atoms with E-state index < -0.39 is 29.2 Å². The molecule has 0 fully saturated rings. The number of aromatic nitrogens is 3. The molecule has 1 radical (unpaired) electrons. The van der Waals surface area contributed by atoms with Gasteiger partial charge in [-0.3, -0.25) is 22.5 Å². The zero-order valence-electron chi connectivity index (χ0n) is 19.2. The predicted molar refractivity (Wildman–Crippen MR) is 125 cm³/mol. The molecule has 3 aromatic heterocycles. The van der Waals surface area contributed by atoms with E-state index in [1.54, 1.807) is 60.9 Å². The van der Waals surface area contributed by atoms with E-state index in [-0.39, 0.29) is 36.9 Å². The third kappa shape index (κ3) is 8.99. The Morgan fingerprint density at radius 3 is 1.37 bits per heavy atom. The van der Waals surface area contributed by atoms with Gasteiger partial charge in [-0.1, -0.05) is 53.6 Å². The molecule has 0 bridgehead atoms. The van der Waals surface area contributed by atoms with Gasteiger partial charge in [0, 0.05) is 62.0 Å². The van der Waals surface area contributed by atoms with Crippen LogP contribution in [-0.4, -0.2) is 20.9 Å². The van der Waals surface area contributed by atoms with E-state index in [0.717, 1.165) is 24.3 Å². The number of rotatable bonds is 3. The zero-order chi connectivity index (χ0) is 26.6. The van der Waals surface area contributed by atoms with Gasteiger partial charge in [0.1, 0.15) is 0 Å². The van der Waals surface area contributed by atoms with E-state index in [1.807, 2.05) is 0 Å². The normalized spacial score (nSPS) is 9.58. The first kappa shape index (κ1) is 30.0. The number of aromatic carboxylic acids is 1. The fourth-order valence-electron chi connectivity index (χ4n) is 2.79. The van der Waals surface area contributed by atoms with Crippen LogP contribution >= 0.6 is 0 Å². The number of halogens is 4. The predicted octanol–water partition coefficient (Wildman–Crippen LogP) is 5.10. The molecule has 2 aromatic carbocycles. The molecule has 0 atom stereocenters. The van der Waals surface area contributed by atoms with E-state index >= 15 is 0 Å². The van der Waals surface area contributed by atoms with Gasteiger partial charge in [-0.25, -0.2) is 0 Å². The van der Waals surface area contributed by atoms with Crippen LogP contribution in [0.4, 0.5) is 17.6 Å². The van der Waals surface area contributed by atoms with E-state index in [1.165, 1.54) is 12.3 Å². The second-order valence-corrected chi connectivity index (χ2v) is 7.01. The zero-order valence-corrected chi connectivity index (χ0v) is 21.6. The van der Waals surface area contributed by atoms with Crippen LogP contribution in [-0.2, 0) is 20.1 Å². The number of carbonyl (C=O) groups is 1. The van der Waals surface area contributed by atoms with Gasteiger partial charge in [0.25, 0.3) is 0 Å². The van der Waals surface area contributed by atoms with E-state index in [4.69, 9.17) is 0 Å². The standard InChI is InChI=1S/2C11H6F2N.C6H5NO2.Ir/c2*12-8-4-5-9(10(13)7-8)11-3-1-2-6-14-11;8-6(9)5-3-1-2-4-7-5;/h2*1-4,6-7H;1-4H,(H,8,9);/q2*-1;;/p-1. The minimum absolute atomic E-state index is 0. The second-order valence-electron chi connectivity index (χ2n) is 7.01. The van der Waals surface area contributed by atoms with Crippen LogP contribution in [0.1, 0.15) is 10.5 Å². The summed E-state index contributed by atoms with van der Waals surface area (Å²) in [4.78, 5) is 21.4. The van der Waals surface area contributed by atoms with Crippen molar-refractivity contribution >= 4 is 5.97 Å². The van der Waals surface area contributed by atoms with Crippen molar-refractivity contribution in [1.82, 2.24) is 15.0 Å². The first-order valence-corrected chi connectivity index (χ1v) is 10.5. The number of hydrogen-bond acceptors (Lipinski definition) is 5. The number of benzene rings is 2. The van der Waals surface area contributed by atoms with Gasteiger partial charge in [0.05, 0.1) is 11.7 Å². The Balaban J connectivity index is 0.000000203. The van der Waals surface area contributed by atoms with Crippen molar-refractivity contribution in [3.05, 3.63) is 139 Å². The quantitative estimate of drug-likeness (QED) is 0.194. The maximum atomic E-state index is 13.2. The molecule has 3 heterocycles. The Bertz CT molecular complexity index is 1360. The van der Waals surface area contributed by atoms with Gasteiger partial charge in [-0.05, 0) is 35.7 Å². The van der Waals surface area contributed by atoms with Crippen LogP contribution in [0.25, 0.3) is 22.5 Å². The van der Waals surface area contributed by atoms with Gasteiger partial charge in [0.2, 0.25) is 0 Å². The Morgan fingerprint density at radius 2 is 1.08 bits per heavy atom. The van der Waals surface area contributed by atoms with Crippen LogP contribution in [0, 0.1) is 35.4 Å². The average Bonchev–Trinajstić information content (AvgIpc) is 2.91. The van der Waals surface area contributed by atoms with Gasteiger partial charge in [-0.15, -0.1) is 24.3 Å². The van der Waals surface area contributed by atoms with Crippen LogP contribution in [0.3, 0.4) is 0 Å². The smallest absolute Gasteiger partial charge is 0.0899 e. The molecule has 0 saturated carbocycles. The van der Waals surface area contributed by atoms with Crippen LogP contribution in [0.2, 0.25) is 0 Å². The molecule has 5 rings (SSSR count). The molecule has 5 aromatic rings. The summed E-state index contributed by atoms with van der Waals surface area (Å²) < 4.78 is 51.6. The molecule has 5 nitrogen and oxygen atoms in total. The molecule has 0 saturated heterocycles. The summed E-state index contributed by atoms with van der Waals surface area (Å²) in [6.45, 7) is 0. The Labute approximate surface area is 229 Å². The Kier molecular flexibility index (Phi) is 11.9. The molecule has 0 N–H and O–H groups in total. The largest absolute Gasteiger partial charge is 0.543 e. The third-order valence-electron chi connectivity index (χ3n) is 4.43. The van der Waals surface area contributed by atoms with E-state index in [9.17, 15) is 27.5 Å². The van der Waals surface area contributed by atoms with Crippen LogP contribution < -0.4 is 5.11 Å². The number of carbonyl (C=O) groups excluding carboxylic acids is 1. The summed E-state index contributed by atoms with van der Waals surface area (Å²) >= 11 is 0. The van der Waals surface area contributed by atoms with Gasteiger partial charge in [-0.2, -0.15) is 0 Å². The number of carboxylic acids is 1. The number of carboxylic acid groups (broad SMARTS) is 1. The third-order valence-corrected chi connectivity index (χ3v) is 4.43. The first-order chi connectivity index (χ1) is 17.8. The first-order valence-electron chi connectivity index (χ1n) is 10.5. The Hall–Kier alpha value is -4.27. The SMILES string of the molecule is Fc1c[c-]c(-c2ccccn2)c(F)c1.Fc1c[c-]c(-c2ccccn2)c(F)c1.O=C([O-])c1ccccn1.[Ir]. The molecule has 0 aliphatic rings. The van der Waals surface area contributed by atoms with Crippen molar-refractivity contribution < 1.29 is 47.6 Å². The number of pyridine rings is 3. The van der Waals surface area contributed by atoms with Gasteiger partial charge < -0.3 is 19.9 Å². The topological polar surface area (TPSA) is 78.8 Å². The monoisotopic (exact) mass is 695 g/mol.